The fraction of sp³-hybridized carbons (Fsp3) is 0.133. The van der Waals surface area contributed by atoms with Gasteiger partial charge in [0.1, 0.15) is 5.56 Å². The number of rotatable bonds is 5. The van der Waals surface area contributed by atoms with Crippen LogP contribution < -0.4 is 5.32 Å². The Hall–Kier alpha value is -3.29. The Morgan fingerprint density at radius 3 is 2.43 bits per heavy atom. The van der Waals surface area contributed by atoms with Crippen molar-refractivity contribution in [3.63, 3.8) is 0 Å². The third kappa shape index (κ3) is 3.67. The van der Waals surface area contributed by atoms with Gasteiger partial charge in [0.2, 0.25) is 0 Å². The molecule has 0 heterocycles. The van der Waals surface area contributed by atoms with E-state index in [2.05, 4.69) is 5.32 Å². The highest BCUT2D eigenvalue weighted by atomic mass is 16.6. The first-order valence-electron chi connectivity index (χ1n) is 6.75. The second kappa shape index (κ2) is 6.65. The first kappa shape index (κ1) is 16.1. The third-order valence-electron chi connectivity index (χ3n) is 3.23. The van der Waals surface area contributed by atoms with Crippen LogP contribution in [0.15, 0.2) is 42.5 Å². The number of benzene rings is 2. The Balaban J connectivity index is 2.34. The maximum Gasteiger partial charge on any atom is 0.289 e. The summed E-state index contributed by atoms with van der Waals surface area (Å²) in [6.45, 7) is 1.96. The molecule has 0 aliphatic heterocycles. The average molecular weight is 315 g/mol. The summed E-state index contributed by atoms with van der Waals surface area (Å²) in [5, 5.41) is 24.3. The summed E-state index contributed by atoms with van der Waals surface area (Å²) in [5.41, 5.74) is 0.218. The number of hydrogen-bond acceptors (Lipinski definition) is 5. The minimum Gasteiger partial charge on any atom is -0.322 e. The molecule has 2 aromatic carbocycles. The molecule has 0 unspecified atom stereocenters. The molecule has 0 bridgehead atoms. The number of aryl methyl sites for hydroxylation is 1. The maximum atomic E-state index is 12.2. The molecule has 0 atom stereocenters. The van der Waals surface area contributed by atoms with E-state index >= 15 is 0 Å². The first-order chi connectivity index (χ1) is 10.9. The highest BCUT2D eigenvalue weighted by Gasteiger charge is 2.24. The molecular formula is C15H13N3O5. The van der Waals surface area contributed by atoms with Crippen molar-refractivity contribution in [2.45, 2.75) is 13.3 Å². The Bertz CT molecular complexity index is 788. The van der Waals surface area contributed by atoms with Crippen LogP contribution in [0.25, 0.3) is 0 Å². The van der Waals surface area contributed by atoms with Crippen molar-refractivity contribution in [1.82, 2.24) is 0 Å². The lowest BCUT2D eigenvalue weighted by Gasteiger charge is -2.07. The summed E-state index contributed by atoms with van der Waals surface area (Å²) in [6, 6.07) is 9.99. The van der Waals surface area contributed by atoms with Crippen LogP contribution in [-0.2, 0) is 6.42 Å². The quantitative estimate of drug-likeness (QED) is 0.671. The van der Waals surface area contributed by atoms with Crippen molar-refractivity contribution < 1.29 is 14.6 Å². The topological polar surface area (TPSA) is 115 Å². The van der Waals surface area contributed by atoms with Crippen LogP contribution in [0.3, 0.4) is 0 Å². The largest absolute Gasteiger partial charge is 0.322 e. The number of nitrogens with one attached hydrogen (secondary N) is 1. The molecule has 0 saturated heterocycles. The minimum absolute atomic E-state index is 0.234. The van der Waals surface area contributed by atoms with Crippen molar-refractivity contribution in [3.05, 3.63) is 73.8 Å². The van der Waals surface area contributed by atoms with Crippen LogP contribution in [0, 0.1) is 20.2 Å². The smallest absolute Gasteiger partial charge is 0.289 e. The van der Waals surface area contributed by atoms with Gasteiger partial charge in [-0.1, -0.05) is 19.1 Å². The number of amides is 1. The molecule has 118 valence electrons. The first-order valence-corrected chi connectivity index (χ1v) is 6.75. The molecule has 0 spiro atoms. The van der Waals surface area contributed by atoms with Gasteiger partial charge in [0, 0.05) is 11.8 Å². The number of nitro groups is 2. The Morgan fingerprint density at radius 2 is 1.83 bits per heavy atom. The molecule has 1 amide bonds. The lowest BCUT2D eigenvalue weighted by atomic mass is 10.1. The van der Waals surface area contributed by atoms with Gasteiger partial charge in [0.15, 0.2) is 0 Å². The zero-order chi connectivity index (χ0) is 17.0. The second-order valence-electron chi connectivity index (χ2n) is 4.72. The molecule has 0 aliphatic carbocycles. The summed E-state index contributed by atoms with van der Waals surface area (Å²) >= 11 is 0. The summed E-state index contributed by atoms with van der Waals surface area (Å²) in [7, 11) is 0. The van der Waals surface area contributed by atoms with Gasteiger partial charge >= 0.3 is 0 Å². The van der Waals surface area contributed by atoms with Crippen molar-refractivity contribution in [2.24, 2.45) is 0 Å². The highest BCUT2D eigenvalue weighted by Crippen LogP contribution is 2.25. The van der Waals surface area contributed by atoms with Gasteiger partial charge in [-0.3, -0.25) is 25.0 Å². The van der Waals surface area contributed by atoms with Crippen molar-refractivity contribution in [1.29, 1.82) is 0 Å². The Labute approximate surface area is 131 Å². The van der Waals surface area contributed by atoms with E-state index in [1.165, 1.54) is 0 Å². The number of non-ortho nitro benzene ring substituents is 1. The molecule has 0 fully saturated rings. The van der Waals surface area contributed by atoms with E-state index < -0.39 is 27.1 Å². The number of carbonyl (C=O) groups is 1. The van der Waals surface area contributed by atoms with Gasteiger partial charge in [0.25, 0.3) is 17.3 Å². The summed E-state index contributed by atoms with van der Waals surface area (Å²) in [4.78, 5) is 32.4. The Kier molecular flexibility index (Phi) is 4.65. The summed E-state index contributed by atoms with van der Waals surface area (Å²) < 4.78 is 0. The zero-order valence-electron chi connectivity index (χ0n) is 12.2. The van der Waals surface area contributed by atoms with Gasteiger partial charge in [-0.05, 0) is 30.2 Å². The van der Waals surface area contributed by atoms with Crippen LogP contribution >= 0.6 is 0 Å². The molecule has 8 nitrogen and oxygen atoms in total. The minimum atomic E-state index is -0.815. The lowest BCUT2D eigenvalue weighted by molar-refractivity contribution is -0.394. The molecule has 0 aliphatic rings. The van der Waals surface area contributed by atoms with Crippen LogP contribution in [-0.4, -0.2) is 15.8 Å². The molecular weight excluding hydrogens is 302 g/mol. The van der Waals surface area contributed by atoms with Crippen molar-refractivity contribution in [2.75, 3.05) is 5.32 Å². The van der Waals surface area contributed by atoms with Crippen molar-refractivity contribution in [3.8, 4) is 0 Å². The predicted molar refractivity (Wildman–Crippen MR) is 83.5 cm³/mol. The van der Waals surface area contributed by atoms with Gasteiger partial charge in [-0.2, -0.15) is 0 Å². The monoisotopic (exact) mass is 315 g/mol. The van der Waals surface area contributed by atoms with E-state index in [0.717, 1.165) is 30.2 Å². The van der Waals surface area contributed by atoms with Crippen LogP contribution in [0.2, 0.25) is 0 Å². The number of anilines is 1. The molecule has 23 heavy (non-hydrogen) atoms. The SMILES string of the molecule is CCc1cccc(NC(=O)c2ccc([N+](=O)[O-])cc2[N+](=O)[O-])c1. The number of nitro benzene ring substituents is 2. The average Bonchev–Trinajstić information content (AvgIpc) is 2.54. The van der Waals surface area contributed by atoms with E-state index in [0.29, 0.717) is 5.69 Å². The fourth-order valence-electron chi connectivity index (χ4n) is 2.04. The van der Waals surface area contributed by atoms with Crippen molar-refractivity contribution >= 4 is 23.0 Å². The molecule has 2 aromatic rings. The summed E-state index contributed by atoms with van der Waals surface area (Å²) in [5.74, 6) is -0.695. The van der Waals surface area contributed by atoms with E-state index in [9.17, 15) is 25.0 Å². The molecule has 0 radical (unpaired) electrons. The molecule has 1 N–H and O–H groups in total. The van der Waals surface area contributed by atoms with Crippen LogP contribution in [0.4, 0.5) is 17.1 Å². The van der Waals surface area contributed by atoms with E-state index in [1.807, 2.05) is 13.0 Å². The van der Waals surface area contributed by atoms with Crippen LogP contribution in [0.5, 0.6) is 0 Å². The molecule has 0 aromatic heterocycles. The lowest BCUT2D eigenvalue weighted by Crippen LogP contribution is -2.14. The van der Waals surface area contributed by atoms with Gasteiger partial charge in [-0.25, -0.2) is 0 Å². The van der Waals surface area contributed by atoms with Gasteiger partial charge < -0.3 is 5.32 Å². The van der Waals surface area contributed by atoms with E-state index in [4.69, 9.17) is 0 Å². The number of carbonyl (C=O) groups excluding carboxylic acids is 1. The van der Waals surface area contributed by atoms with E-state index in [1.54, 1.807) is 18.2 Å². The fourth-order valence-corrected chi connectivity index (χ4v) is 2.04. The second-order valence-corrected chi connectivity index (χ2v) is 4.72. The molecule has 2 rings (SSSR count). The standard InChI is InChI=1S/C15H13N3O5/c1-2-10-4-3-5-11(8-10)16-15(19)13-7-6-12(17(20)21)9-14(13)18(22)23/h3-9H,2H2,1H3,(H,16,19). The Morgan fingerprint density at radius 1 is 1.09 bits per heavy atom. The normalized spacial score (nSPS) is 10.1. The third-order valence-corrected chi connectivity index (χ3v) is 3.23. The van der Waals surface area contributed by atoms with E-state index in [-0.39, 0.29) is 5.56 Å². The predicted octanol–water partition coefficient (Wildman–Crippen LogP) is 3.32. The van der Waals surface area contributed by atoms with Gasteiger partial charge in [-0.15, -0.1) is 0 Å². The van der Waals surface area contributed by atoms with Gasteiger partial charge in [0.05, 0.1) is 15.9 Å². The van der Waals surface area contributed by atoms with Crippen LogP contribution in [0.1, 0.15) is 22.8 Å². The molecule has 8 heteroatoms. The molecule has 0 saturated carbocycles. The zero-order valence-corrected chi connectivity index (χ0v) is 12.2. The highest BCUT2D eigenvalue weighted by molar-refractivity contribution is 6.07. The number of hydrogen-bond donors (Lipinski definition) is 1. The maximum absolute atomic E-state index is 12.2. The number of nitrogens with zero attached hydrogens (tertiary/aromatic N) is 2. The summed E-state index contributed by atoms with van der Waals surface area (Å²) in [6.07, 6.45) is 0.779.